The number of fused-ring (bicyclic) bond motifs is 1. The molecule has 1 aliphatic rings. The van der Waals surface area contributed by atoms with Gasteiger partial charge in [-0.25, -0.2) is 0 Å². The molecule has 0 radical (unpaired) electrons. The molecule has 132 valence electrons. The fraction of sp³-hybridized carbons (Fsp3) is 0.450. The average molecular weight is 339 g/mol. The van der Waals surface area contributed by atoms with Crippen molar-refractivity contribution in [1.82, 2.24) is 10.3 Å². The molecule has 0 spiro atoms. The number of carbonyl (C=O) groups excluding carboxylic acids is 2. The molecular formula is C20H25N3O2. The Labute approximate surface area is 148 Å². The predicted molar refractivity (Wildman–Crippen MR) is 99.7 cm³/mol. The van der Waals surface area contributed by atoms with Crippen molar-refractivity contribution in [3.8, 4) is 0 Å². The number of pyridine rings is 1. The van der Waals surface area contributed by atoms with Crippen LogP contribution in [0.1, 0.15) is 61.5 Å². The predicted octanol–water partition coefficient (Wildman–Crippen LogP) is 3.95. The second-order valence-electron chi connectivity index (χ2n) is 6.89. The summed E-state index contributed by atoms with van der Waals surface area (Å²) in [6.07, 6.45) is 6.89. The van der Waals surface area contributed by atoms with Crippen LogP contribution in [0, 0.1) is 6.92 Å². The molecule has 2 N–H and O–H groups in total. The number of rotatable bonds is 3. The lowest BCUT2D eigenvalue weighted by Gasteiger charge is -2.17. The minimum Gasteiger partial charge on any atom is -0.349 e. The van der Waals surface area contributed by atoms with Crippen LogP contribution in [0.3, 0.4) is 0 Å². The molecule has 1 aliphatic carbocycles. The summed E-state index contributed by atoms with van der Waals surface area (Å²) in [5.74, 6) is -0.253. The molecule has 5 nitrogen and oxygen atoms in total. The zero-order valence-corrected chi connectivity index (χ0v) is 14.9. The molecule has 1 saturated carbocycles. The van der Waals surface area contributed by atoms with Crippen LogP contribution in [0.5, 0.6) is 0 Å². The number of amides is 2. The van der Waals surface area contributed by atoms with Crippen molar-refractivity contribution < 1.29 is 9.59 Å². The largest absolute Gasteiger partial charge is 0.349 e. The molecule has 2 aromatic rings. The molecule has 25 heavy (non-hydrogen) atoms. The van der Waals surface area contributed by atoms with Crippen LogP contribution in [-0.2, 0) is 4.79 Å². The topological polar surface area (TPSA) is 71.1 Å². The van der Waals surface area contributed by atoms with Crippen LogP contribution < -0.4 is 10.6 Å². The van der Waals surface area contributed by atoms with Gasteiger partial charge in [-0.15, -0.1) is 0 Å². The molecule has 1 aromatic carbocycles. The third-order valence-corrected chi connectivity index (χ3v) is 4.70. The Morgan fingerprint density at radius 2 is 1.80 bits per heavy atom. The van der Waals surface area contributed by atoms with E-state index in [9.17, 15) is 9.59 Å². The van der Waals surface area contributed by atoms with Crippen LogP contribution >= 0.6 is 0 Å². The summed E-state index contributed by atoms with van der Waals surface area (Å²) in [6, 6.07) is 7.62. The third-order valence-electron chi connectivity index (χ3n) is 4.70. The second-order valence-corrected chi connectivity index (χ2v) is 6.89. The van der Waals surface area contributed by atoms with Crippen molar-refractivity contribution in [1.29, 1.82) is 0 Å². The first-order chi connectivity index (χ1) is 12.0. The van der Waals surface area contributed by atoms with E-state index in [0.717, 1.165) is 29.4 Å². The lowest BCUT2D eigenvalue weighted by molar-refractivity contribution is -0.114. The lowest BCUT2D eigenvalue weighted by Crippen LogP contribution is -2.34. The molecular weight excluding hydrogens is 314 g/mol. The maximum absolute atomic E-state index is 12.9. The Bertz CT molecular complexity index is 793. The maximum atomic E-state index is 12.9. The molecule has 3 rings (SSSR count). The monoisotopic (exact) mass is 339 g/mol. The van der Waals surface area contributed by atoms with Crippen molar-refractivity contribution in [3.63, 3.8) is 0 Å². The summed E-state index contributed by atoms with van der Waals surface area (Å²) >= 11 is 0. The summed E-state index contributed by atoms with van der Waals surface area (Å²) in [5.41, 5.74) is 2.77. The van der Waals surface area contributed by atoms with E-state index in [0.29, 0.717) is 11.3 Å². The zero-order valence-electron chi connectivity index (χ0n) is 14.9. The van der Waals surface area contributed by atoms with Gasteiger partial charge < -0.3 is 10.6 Å². The van der Waals surface area contributed by atoms with Crippen LogP contribution in [0.2, 0.25) is 0 Å². The van der Waals surface area contributed by atoms with Crippen LogP contribution in [0.4, 0.5) is 5.69 Å². The molecule has 0 aliphatic heterocycles. The third kappa shape index (κ3) is 4.35. The van der Waals surface area contributed by atoms with Crippen molar-refractivity contribution in [2.45, 2.75) is 58.4 Å². The molecule has 0 unspecified atom stereocenters. The normalized spacial score (nSPS) is 15.6. The van der Waals surface area contributed by atoms with Gasteiger partial charge in [0, 0.05) is 29.7 Å². The zero-order chi connectivity index (χ0) is 17.8. The van der Waals surface area contributed by atoms with Gasteiger partial charge >= 0.3 is 0 Å². The number of benzene rings is 1. The first kappa shape index (κ1) is 17.4. The molecule has 0 saturated heterocycles. The van der Waals surface area contributed by atoms with E-state index in [1.54, 1.807) is 6.07 Å². The number of hydrogen-bond acceptors (Lipinski definition) is 3. The Morgan fingerprint density at radius 1 is 1.08 bits per heavy atom. The molecule has 1 heterocycles. The van der Waals surface area contributed by atoms with E-state index in [4.69, 9.17) is 0 Å². The van der Waals surface area contributed by atoms with Gasteiger partial charge in [-0.2, -0.15) is 0 Å². The quantitative estimate of drug-likeness (QED) is 0.832. The number of nitrogens with one attached hydrogen (secondary N) is 2. The standard InChI is InChI=1S/C20H25N3O2/c1-13-9-10-17-18(11-16(22-14(2)24)12-19(17)21-13)20(25)23-15-7-5-3-4-6-8-15/h9-12,15H,3-8H2,1-2H3,(H,22,24)(H,23,25). The van der Waals surface area contributed by atoms with Crippen LogP contribution in [0.25, 0.3) is 10.9 Å². The van der Waals surface area contributed by atoms with E-state index in [2.05, 4.69) is 15.6 Å². The summed E-state index contributed by atoms with van der Waals surface area (Å²) in [5, 5.41) is 6.76. The van der Waals surface area contributed by atoms with E-state index in [1.807, 2.05) is 25.1 Å². The van der Waals surface area contributed by atoms with Crippen molar-refractivity contribution in [2.75, 3.05) is 5.32 Å². The second kappa shape index (κ2) is 7.64. The fourth-order valence-corrected chi connectivity index (χ4v) is 3.49. The summed E-state index contributed by atoms with van der Waals surface area (Å²) in [7, 11) is 0. The SMILES string of the molecule is CC(=O)Nc1cc(C(=O)NC2CCCCCC2)c2ccc(C)nc2c1. The highest BCUT2D eigenvalue weighted by molar-refractivity contribution is 6.08. The smallest absolute Gasteiger partial charge is 0.252 e. The molecule has 1 aromatic heterocycles. The summed E-state index contributed by atoms with van der Waals surface area (Å²) < 4.78 is 0. The lowest BCUT2D eigenvalue weighted by atomic mass is 10.0. The number of carbonyl (C=O) groups is 2. The maximum Gasteiger partial charge on any atom is 0.252 e. The number of aromatic nitrogens is 1. The minimum absolute atomic E-state index is 0.0882. The van der Waals surface area contributed by atoms with Crippen molar-refractivity contribution in [3.05, 3.63) is 35.5 Å². The van der Waals surface area contributed by atoms with E-state index in [1.165, 1.54) is 32.6 Å². The molecule has 0 bridgehead atoms. The van der Waals surface area contributed by atoms with E-state index in [-0.39, 0.29) is 17.9 Å². The molecule has 5 heteroatoms. The Kier molecular flexibility index (Phi) is 5.31. The molecule has 0 atom stereocenters. The van der Waals surface area contributed by atoms with Gasteiger partial charge in [0.1, 0.15) is 0 Å². The average Bonchev–Trinajstić information content (AvgIpc) is 2.81. The van der Waals surface area contributed by atoms with Gasteiger partial charge in [0.25, 0.3) is 5.91 Å². The van der Waals surface area contributed by atoms with Gasteiger partial charge in [-0.1, -0.05) is 31.7 Å². The fourth-order valence-electron chi connectivity index (χ4n) is 3.49. The number of nitrogens with zero attached hydrogens (tertiary/aromatic N) is 1. The van der Waals surface area contributed by atoms with E-state index >= 15 is 0 Å². The Balaban J connectivity index is 1.94. The minimum atomic E-state index is -0.165. The number of hydrogen-bond donors (Lipinski definition) is 2. The van der Waals surface area contributed by atoms with E-state index < -0.39 is 0 Å². The van der Waals surface area contributed by atoms with Gasteiger partial charge in [0.2, 0.25) is 5.91 Å². The summed E-state index contributed by atoms with van der Waals surface area (Å²) in [6.45, 7) is 3.37. The van der Waals surface area contributed by atoms with Crippen LogP contribution in [-0.4, -0.2) is 22.8 Å². The highest BCUT2D eigenvalue weighted by atomic mass is 16.2. The molecule has 1 fully saturated rings. The first-order valence-corrected chi connectivity index (χ1v) is 9.03. The van der Waals surface area contributed by atoms with Crippen molar-refractivity contribution >= 4 is 28.4 Å². The van der Waals surface area contributed by atoms with Gasteiger partial charge in [-0.3, -0.25) is 14.6 Å². The van der Waals surface area contributed by atoms with Crippen LogP contribution in [0.15, 0.2) is 24.3 Å². The Morgan fingerprint density at radius 3 is 2.48 bits per heavy atom. The summed E-state index contributed by atoms with van der Waals surface area (Å²) in [4.78, 5) is 28.8. The number of aryl methyl sites for hydroxylation is 1. The van der Waals surface area contributed by atoms with Gasteiger partial charge in [0.05, 0.1) is 11.1 Å². The molecule has 2 amide bonds. The Hall–Kier alpha value is -2.43. The highest BCUT2D eigenvalue weighted by Crippen LogP contribution is 2.24. The first-order valence-electron chi connectivity index (χ1n) is 9.03. The number of anilines is 1. The van der Waals surface area contributed by atoms with Crippen molar-refractivity contribution in [2.24, 2.45) is 0 Å². The van der Waals surface area contributed by atoms with Gasteiger partial charge in [-0.05, 0) is 38.0 Å². The van der Waals surface area contributed by atoms with Gasteiger partial charge in [0.15, 0.2) is 0 Å². The highest BCUT2D eigenvalue weighted by Gasteiger charge is 2.18.